The van der Waals surface area contributed by atoms with Gasteiger partial charge in [-0.05, 0) is 37.6 Å². The van der Waals surface area contributed by atoms with E-state index in [-0.39, 0.29) is 4.90 Å². The third kappa shape index (κ3) is 2.62. The van der Waals surface area contributed by atoms with E-state index in [2.05, 4.69) is 0 Å². The highest BCUT2D eigenvalue weighted by Gasteiger charge is 2.22. The molecule has 0 saturated carbocycles. The fourth-order valence-corrected chi connectivity index (χ4v) is 2.93. The first-order valence-corrected chi connectivity index (χ1v) is 7.29. The van der Waals surface area contributed by atoms with E-state index in [9.17, 15) is 8.42 Å². The molecule has 0 aliphatic rings. The van der Waals surface area contributed by atoms with Crippen molar-refractivity contribution in [2.75, 3.05) is 4.41 Å². The molecule has 19 heavy (non-hydrogen) atoms. The average Bonchev–Trinajstić information content (AvgIpc) is 2.39. The normalized spacial score (nSPS) is 11.3. The standard InChI is InChI=1S/C14H16N2O2S/c1-11-7-9-13(10-8-11)19(17,18)16(15)14-6-4-3-5-12(14)2/h3-10H,15H2,1-2H3. The maximum atomic E-state index is 12.4. The molecule has 100 valence electrons. The summed E-state index contributed by atoms with van der Waals surface area (Å²) in [4.78, 5) is 0.184. The van der Waals surface area contributed by atoms with Crippen molar-refractivity contribution < 1.29 is 8.42 Å². The topological polar surface area (TPSA) is 63.4 Å². The Hall–Kier alpha value is -1.85. The van der Waals surface area contributed by atoms with Crippen molar-refractivity contribution in [2.45, 2.75) is 18.7 Å². The molecule has 4 nitrogen and oxygen atoms in total. The minimum Gasteiger partial charge on any atom is -0.233 e. The lowest BCUT2D eigenvalue weighted by Crippen LogP contribution is -2.37. The number of rotatable bonds is 3. The molecule has 0 fully saturated rings. The Kier molecular flexibility index (Phi) is 3.59. The van der Waals surface area contributed by atoms with Crippen LogP contribution < -0.4 is 10.3 Å². The van der Waals surface area contributed by atoms with Gasteiger partial charge in [0.2, 0.25) is 0 Å². The first kappa shape index (κ1) is 13.6. The number of sulfonamides is 1. The Morgan fingerprint density at radius 2 is 1.53 bits per heavy atom. The van der Waals surface area contributed by atoms with Gasteiger partial charge in [-0.1, -0.05) is 35.9 Å². The van der Waals surface area contributed by atoms with Crippen molar-refractivity contribution in [1.82, 2.24) is 0 Å². The van der Waals surface area contributed by atoms with Gasteiger partial charge >= 0.3 is 0 Å². The summed E-state index contributed by atoms with van der Waals surface area (Å²) in [5.41, 5.74) is 2.28. The number of nitrogens with two attached hydrogens (primary N) is 1. The monoisotopic (exact) mass is 276 g/mol. The van der Waals surface area contributed by atoms with E-state index in [0.717, 1.165) is 15.5 Å². The molecule has 5 heteroatoms. The van der Waals surface area contributed by atoms with Gasteiger partial charge in [0.25, 0.3) is 10.0 Å². The van der Waals surface area contributed by atoms with E-state index in [1.54, 1.807) is 36.4 Å². The maximum absolute atomic E-state index is 12.4. The molecular formula is C14H16N2O2S. The summed E-state index contributed by atoms with van der Waals surface area (Å²) in [7, 11) is -3.72. The van der Waals surface area contributed by atoms with Crippen LogP contribution in [0.25, 0.3) is 0 Å². The molecule has 0 saturated heterocycles. The molecule has 2 aromatic rings. The van der Waals surface area contributed by atoms with Crippen molar-refractivity contribution in [2.24, 2.45) is 5.84 Å². The first-order valence-electron chi connectivity index (χ1n) is 5.85. The number of hydrogen-bond donors (Lipinski definition) is 1. The molecule has 0 aliphatic heterocycles. The Morgan fingerprint density at radius 1 is 0.947 bits per heavy atom. The van der Waals surface area contributed by atoms with Gasteiger partial charge in [-0.2, -0.15) is 8.42 Å². The van der Waals surface area contributed by atoms with Gasteiger partial charge in [-0.3, -0.25) is 0 Å². The van der Waals surface area contributed by atoms with Crippen LogP contribution in [0.3, 0.4) is 0 Å². The molecule has 2 rings (SSSR count). The molecule has 2 aromatic carbocycles. The number of hydrogen-bond acceptors (Lipinski definition) is 3. The van der Waals surface area contributed by atoms with E-state index in [4.69, 9.17) is 5.84 Å². The molecular weight excluding hydrogens is 260 g/mol. The SMILES string of the molecule is Cc1ccc(S(=O)(=O)N(N)c2ccccc2C)cc1. The Labute approximate surface area is 113 Å². The van der Waals surface area contributed by atoms with E-state index in [0.29, 0.717) is 5.69 Å². The minimum atomic E-state index is -3.72. The van der Waals surface area contributed by atoms with Gasteiger partial charge in [0.1, 0.15) is 0 Å². The highest BCUT2D eigenvalue weighted by Crippen LogP contribution is 2.23. The summed E-state index contributed by atoms with van der Waals surface area (Å²) in [6.45, 7) is 3.72. The van der Waals surface area contributed by atoms with Crippen LogP contribution >= 0.6 is 0 Å². The van der Waals surface area contributed by atoms with Crippen LogP contribution in [0.4, 0.5) is 5.69 Å². The first-order chi connectivity index (χ1) is 8.93. The van der Waals surface area contributed by atoms with Gasteiger partial charge < -0.3 is 0 Å². The maximum Gasteiger partial charge on any atom is 0.277 e. The average molecular weight is 276 g/mol. The van der Waals surface area contributed by atoms with Crippen molar-refractivity contribution in [3.63, 3.8) is 0 Å². The van der Waals surface area contributed by atoms with E-state index in [1.807, 2.05) is 26.0 Å². The molecule has 0 aliphatic carbocycles. The Balaban J connectivity index is 2.45. The zero-order chi connectivity index (χ0) is 14.0. The van der Waals surface area contributed by atoms with E-state index in [1.165, 1.54) is 0 Å². The lowest BCUT2D eigenvalue weighted by atomic mass is 10.2. The van der Waals surface area contributed by atoms with Crippen LogP contribution in [0.15, 0.2) is 53.4 Å². The van der Waals surface area contributed by atoms with E-state index < -0.39 is 10.0 Å². The third-order valence-corrected chi connectivity index (χ3v) is 4.51. The molecule has 0 amide bonds. The Bertz CT molecular complexity index is 679. The van der Waals surface area contributed by atoms with Crippen molar-refractivity contribution in [3.05, 3.63) is 59.7 Å². The molecule has 0 spiro atoms. The highest BCUT2D eigenvalue weighted by atomic mass is 32.2. The summed E-state index contributed by atoms with van der Waals surface area (Å²) >= 11 is 0. The zero-order valence-electron chi connectivity index (χ0n) is 10.9. The van der Waals surface area contributed by atoms with Crippen LogP contribution in [0.1, 0.15) is 11.1 Å². The van der Waals surface area contributed by atoms with Crippen LogP contribution in [-0.2, 0) is 10.0 Å². The van der Waals surface area contributed by atoms with Gasteiger partial charge in [0.15, 0.2) is 0 Å². The predicted octanol–water partition coefficient (Wildman–Crippen LogP) is 2.37. The summed E-state index contributed by atoms with van der Waals surface area (Å²) in [6, 6.07) is 13.7. The van der Waals surface area contributed by atoms with Crippen LogP contribution in [0.5, 0.6) is 0 Å². The van der Waals surface area contributed by atoms with E-state index >= 15 is 0 Å². The number of hydrazine groups is 1. The van der Waals surface area contributed by atoms with Crippen LogP contribution in [0, 0.1) is 13.8 Å². The van der Waals surface area contributed by atoms with Gasteiger partial charge in [0.05, 0.1) is 10.6 Å². The second-order valence-corrected chi connectivity index (χ2v) is 6.22. The second-order valence-electron chi connectivity index (χ2n) is 4.40. The van der Waals surface area contributed by atoms with Crippen molar-refractivity contribution in [1.29, 1.82) is 0 Å². The largest absolute Gasteiger partial charge is 0.277 e. The number of para-hydroxylation sites is 1. The van der Waals surface area contributed by atoms with Crippen molar-refractivity contribution in [3.8, 4) is 0 Å². The summed E-state index contributed by atoms with van der Waals surface area (Å²) in [6.07, 6.45) is 0. The van der Waals surface area contributed by atoms with Crippen molar-refractivity contribution >= 4 is 15.7 Å². The molecule has 0 radical (unpaired) electrons. The molecule has 0 heterocycles. The molecule has 2 N–H and O–H groups in total. The summed E-state index contributed by atoms with van der Waals surface area (Å²) in [5, 5.41) is 0. The smallest absolute Gasteiger partial charge is 0.233 e. The predicted molar refractivity (Wildman–Crippen MR) is 76.2 cm³/mol. The number of aryl methyl sites for hydroxylation is 2. The van der Waals surface area contributed by atoms with Gasteiger partial charge in [-0.25, -0.2) is 10.3 Å². The van der Waals surface area contributed by atoms with Gasteiger partial charge in [-0.15, -0.1) is 0 Å². The number of nitrogens with zero attached hydrogens (tertiary/aromatic N) is 1. The highest BCUT2D eigenvalue weighted by molar-refractivity contribution is 7.92. The van der Waals surface area contributed by atoms with Gasteiger partial charge in [0, 0.05) is 0 Å². The second kappa shape index (κ2) is 5.03. The lowest BCUT2D eigenvalue weighted by Gasteiger charge is -2.20. The molecule has 0 unspecified atom stereocenters. The fourth-order valence-electron chi connectivity index (χ4n) is 1.76. The zero-order valence-corrected chi connectivity index (χ0v) is 11.7. The van der Waals surface area contributed by atoms with Crippen LogP contribution in [-0.4, -0.2) is 8.42 Å². The lowest BCUT2D eigenvalue weighted by molar-refractivity contribution is 0.592. The third-order valence-electron chi connectivity index (χ3n) is 2.93. The fraction of sp³-hybridized carbons (Fsp3) is 0.143. The Morgan fingerprint density at radius 3 is 2.11 bits per heavy atom. The number of anilines is 1. The summed E-state index contributed by atoms with van der Waals surface area (Å²) < 4.78 is 25.6. The summed E-state index contributed by atoms with van der Waals surface area (Å²) in [5.74, 6) is 5.79. The number of benzene rings is 2. The quantitative estimate of drug-likeness (QED) is 0.691. The molecule has 0 aromatic heterocycles. The minimum absolute atomic E-state index is 0.184. The molecule has 0 bridgehead atoms. The molecule has 0 atom stereocenters. The van der Waals surface area contributed by atoms with Crippen LogP contribution in [0.2, 0.25) is 0 Å².